The maximum absolute atomic E-state index is 12.1. The molecule has 5 nitrogen and oxygen atoms in total. The molecule has 21 heavy (non-hydrogen) atoms. The summed E-state index contributed by atoms with van der Waals surface area (Å²) in [5.74, 6) is -0.285. The van der Waals surface area contributed by atoms with Gasteiger partial charge in [-0.3, -0.25) is 4.79 Å². The molecular weight excluding hydrogens is 290 g/mol. The second-order valence-electron chi connectivity index (χ2n) is 4.22. The van der Waals surface area contributed by atoms with Gasteiger partial charge < -0.3 is 16.0 Å². The van der Waals surface area contributed by atoms with Crippen LogP contribution in [0.25, 0.3) is 0 Å². The van der Waals surface area contributed by atoms with Crippen molar-refractivity contribution in [1.82, 2.24) is 5.32 Å². The molecule has 3 amide bonds. The van der Waals surface area contributed by atoms with E-state index >= 15 is 0 Å². The monoisotopic (exact) mass is 303 g/mol. The summed E-state index contributed by atoms with van der Waals surface area (Å²) < 4.78 is 0. The van der Waals surface area contributed by atoms with E-state index in [9.17, 15) is 9.59 Å². The van der Waals surface area contributed by atoms with Crippen LogP contribution in [0.2, 0.25) is 5.02 Å². The summed E-state index contributed by atoms with van der Waals surface area (Å²) in [4.78, 5) is 23.2. The molecule has 0 saturated heterocycles. The second-order valence-corrected chi connectivity index (χ2v) is 4.62. The molecule has 0 fully saturated rings. The van der Waals surface area contributed by atoms with E-state index in [1.807, 2.05) is 0 Å². The van der Waals surface area contributed by atoms with Gasteiger partial charge in [0, 0.05) is 18.4 Å². The standard InChI is InChI=1S/C15H14ClN3O2/c1-17-15(21)19-11-8-6-10(7-9-11)18-14(20)12-4-2-3-5-13(12)16/h2-9H,1H3,(H,18,20)(H2,17,19,21). The van der Waals surface area contributed by atoms with Gasteiger partial charge in [-0.2, -0.15) is 0 Å². The van der Waals surface area contributed by atoms with Gasteiger partial charge in [0.1, 0.15) is 0 Å². The third kappa shape index (κ3) is 3.97. The fourth-order valence-corrected chi connectivity index (χ4v) is 1.90. The molecule has 0 unspecified atom stereocenters. The SMILES string of the molecule is CNC(=O)Nc1ccc(NC(=O)c2ccccc2Cl)cc1. The van der Waals surface area contributed by atoms with E-state index in [1.165, 1.54) is 7.05 Å². The van der Waals surface area contributed by atoms with Crippen molar-refractivity contribution in [2.24, 2.45) is 0 Å². The third-order valence-corrected chi connectivity index (χ3v) is 3.08. The number of nitrogens with one attached hydrogen (secondary N) is 3. The molecule has 2 rings (SSSR count). The summed E-state index contributed by atoms with van der Waals surface area (Å²) in [6.45, 7) is 0. The minimum atomic E-state index is -0.303. The molecule has 2 aromatic rings. The number of urea groups is 1. The number of amides is 3. The van der Waals surface area contributed by atoms with Crippen molar-refractivity contribution in [3.8, 4) is 0 Å². The van der Waals surface area contributed by atoms with Gasteiger partial charge in [0.25, 0.3) is 5.91 Å². The lowest BCUT2D eigenvalue weighted by atomic mass is 10.2. The Kier molecular flexibility index (Phi) is 4.79. The van der Waals surface area contributed by atoms with Gasteiger partial charge in [0.05, 0.1) is 10.6 Å². The van der Waals surface area contributed by atoms with E-state index in [2.05, 4.69) is 16.0 Å². The normalized spacial score (nSPS) is 9.81. The zero-order chi connectivity index (χ0) is 15.2. The number of hydrogen-bond acceptors (Lipinski definition) is 2. The zero-order valence-corrected chi connectivity index (χ0v) is 12.1. The molecular formula is C15H14ClN3O2. The quantitative estimate of drug-likeness (QED) is 0.814. The van der Waals surface area contributed by atoms with Gasteiger partial charge in [-0.1, -0.05) is 23.7 Å². The van der Waals surface area contributed by atoms with Gasteiger partial charge in [0.2, 0.25) is 0 Å². The van der Waals surface area contributed by atoms with E-state index in [0.29, 0.717) is 22.0 Å². The average molecular weight is 304 g/mol. The summed E-state index contributed by atoms with van der Waals surface area (Å²) in [5, 5.41) is 8.22. The molecule has 108 valence electrons. The van der Waals surface area contributed by atoms with Gasteiger partial charge in [-0.05, 0) is 36.4 Å². The van der Waals surface area contributed by atoms with Crippen LogP contribution in [0.15, 0.2) is 48.5 Å². The van der Waals surface area contributed by atoms with Crippen molar-refractivity contribution in [2.75, 3.05) is 17.7 Å². The van der Waals surface area contributed by atoms with E-state index in [0.717, 1.165) is 0 Å². The fraction of sp³-hybridized carbons (Fsp3) is 0.0667. The first-order valence-corrected chi connectivity index (χ1v) is 6.62. The van der Waals surface area contributed by atoms with Gasteiger partial charge in [-0.15, -0.1) is 0 Å². The zero-order valence-electron chi connectivity index (χ0n) is 11.3. The molecule has 0 aliphatic rings. The molecule has 2 aromatic carbocycles. The lowest BCUT2D eigenvalue weighted by Crippen LogP contribution is -2.24. The number of carbonyl (C=O) groups is 2. The predicted octanol–water partition coefficient (Wildman–Crippen LogP) is 3.34. The van der Waals surface area contributed by atoms with Crippen molar-refractivity contribution in [3.05, 3.63) is 59.1 Å². The Bertz CT molecular complexity index is 656. The van der Waals surface area contributed by atoms with Gasteiger partial charge in [0.15, 0.2) is 0 Å². The molecule has 0 aliphatic heterocycles. The molecule has 0 spiro atoms. The molecule has 0 aromatic heterocycles. The van der Waals surface area contributed by atoms with Crippen LogP contribution in [-0.4, -0.2) is 19.0 Å². The molecule has 0 radical (unpaired) electrons. The van der Waals surface area contributed by atoms with Crippen molar-refractivity contribution in [3.63, 3.8) is 0 Å². The number of rotatable bonds is 3. The highest BCUT2D eigenvalue weighted by Crippen LogP contribution is 2.18. The first kappa shape index (κ1) is 14.9. The highest BCUT2D eigenvalue weighted by Gasteiger charge is 2.09. The Morgan fingerprint density at radius 1 is 0.905 bits per heavy atom. The fourth-order valence-electron chi connectivity index (χ4n) is 1.67. The molecule has 3 N–H and O–H groups in total. The van der Waals surface area contributed by atoms with Crippen molar-refractivity contribution in [2.45, 2.75) is 0 Å². The summed E-state index contributed by atoms with van der Waals surface area (Å²) in [6, 6.07) is 13.3. The van der Waals surface area contributed by atoms with Crippen LogP contribution in [0.1, 0.15) is 10.4 Å². The number of carbonyl (C=O) groups excluding carboxylic acids is 2. The Balaban J connectivity index is 2.05. The first-order valence-electron chi connectivity index (χ1n) is 6.25. The molecule has 0 aliphatic carbocycles. The molecule has 6 heteroatoms. The highest BCUT2D eigenvalue weighted by molar-refractivity contribution is 6.34. The Morgan fingerprint density at radius 3 is 2.05 bits per heavy atom. The number of benzene rings is 2. The molecule has 0 bridgehead atoms. The Hall–Kier alpha value is -2.53. The van der Waals surface area contributed by atoms with Gasteiger partial charge in [-0.25, -0.2) is 4.79 Å². The van der Waals surface area contributed by atoms with Crippen LogP contribution in [0.5, 0.6) is 0 Å². The summed E-state index contributed by atoms with van der Waals surface area (Å²) in [5.41, 5.74) is 1.65. The Morgan fingerprint density at radius 2 is 1.48 bits per heavy atom. The van der Waals surface area contributed by atoms with Crippen LogP contribution in [0.4, 0.5) is 16.2 Å². The highest BCUT2D eigenvalue weighted by atomic mass is 35.5. The van der Waals surface area contributed by atoms with E-state index in [1.54, 1.807) is 48.5 Å². The number of halogens is 1. The lowest BCUT2D eigenvalue weighted by molar-refractivity contribution is 0.102. The maximum atomic E-state index is 12.1. The lowest BCUT2D eigenvalue weighted by Gasteiger charge is -2.08. The average Bonchev–Trinajstić information content (AvgIpc) is 2.49. The molecule has 0 heterocycles. The van der Waals surface area contributed by atoms with Crippen LogP contribution < -0.4 is 16.0 Å². The summed E-state index contributed by atoms with van der Waals surface area (Å²) >= 11 is 5.97. The minimum absolute atomic E-state index is 0.285. The minimum Gasteiger partial charge on any atom is -0.341 e. The largest absolute Gasteiger partial charge is 0.341 e. The molecule has 0 saturated carbocycles. The van der Waals surface area contributed by atoms with E-state index in [-0.39, 0.29) is 11.9 Å². The van der Waals surface area contributed by atoms with Crippen molar-refractivity contribution in [1.29, 1.82) is 0 Å². The van der Waals surface area contributed by atoms with Crippen molar-refractivity contribution >= 4 is 34.9 Å². The topological polar surface area (TPSA) is 70.2 Å². The van der Waals surface area contributed by atoms with Crippen LogP contribution >= 0.6 is 11.6 Å². The number of anilines is 2. The number of hydrogen-bond donors (Lipinski definition) is 3. The Labute approximate surface area is 127 Å². The van der Waals surface area contributed by atoms with E-state index < -0.39 is 0 Å². The first-order chi connectivity index (χ1) is 10.1. The van der Waals surface area contributed by atoms with Crippen LogP contribution in [-0.2, 0) is 0 Å². The van der Waals surface area contributed by atoms with Gasteiger partial charge >= 0.3 is 6.03 Å². The maximum Gasteiger partial charge on any atom is 0.318 e. The second kappa shape index (κ2) is 6.76. The summed E-state index contributed by atoms with van der Waals surface area (Å²) in [6.07, 6.45) is 0. The third-order valence-electron chi connectivity index (χ3n) is 2.75. The smallest absolute Gasteiger partial charge is 0.318 e. The van der Waals surface area contributed by atoms with Crippen LogP contribution in [0, 0.1) is 0 Å². The molecule has 0 atom stereocenters. The van der Waals surface area contributed by atoms with E-state index in [4.69, 9.17) is 11.6 Å². The van der Waals surface area contributed by atoms with Crippen LogP contribution in [0.3, 0.4) is 0 Å². The van der Waals surface area contributed by atoms with Crippen molar-refractivity contribution < 1.29 is 9.59 Å². The summed E-state index contributed by atoms with van der Waals surface area (Å²) in [7, 11) is 1.54. The predicted molar refractivity (Wildman–Crippen MR) is 83.9 cm³/mol.